The van der Waals surface area contributed by atoms with Crippen LogP contribution in [0.3, 0.4) is 0 Å². The Labute approximate surface area is 110 Å². The third-order valence-corrected chi connectivity index (χ3v) is 3.81. The van der Waals surface area contributed by atoms with Gasteiger partial charge in [-0.25, -0.2) is 8.78 Å². The van der Waals surface area contributed by atoms with E-state index in [4.69, 9.17) is 5.84 Å². The standard InChI is InChI=1S/C13H17F2N3O/c1-2-13(4-3-5-13)17-12(19)8-6-9(14)11(18-16)10(15)7-8/h6-7,18H,2-5,16H2,1H3,(H,17,19). The van der Waals surface area contributed by atoms with Gasteiger partial charge in [-0.1, -0.05) is 6.92 Å². The Bertz CT molecular complexity index is 472. The monoisotopic (exact) mass is 269 g/mol. The number of rotatable bonds is 4. The lowest BCUT2D eigenvalue weighted by Crippen LogP contribution is -2.53. The predicted molar refractivity (Wildman–Crippen MR) is 68.5 cm³/mol. The van der Waals surface area contributed by atoms with Crippen molar-refractivity contribution < 1.29 is 13.6 Å². The molecule has 1 saturated carbocycles. The van der Waals surface area contributed by atoms with Crippen LogP contribution in [0.25, 0.3) is 0 Å². The van der Waals surface area contributed by atoms with Crippen LogP contribution in [0.5, 0.6) is 0 Å². The summed E-state index contributed by atoms with van der Waals surface area (Å²) < 4.78 is 27.0. The molecule has 1 aliphatic rings. The first-order valence-electron chi connectivity index (χ1n) is 6.29. The van der Waals surface area contributed by atoms with E-state index in [1.165, 1.54) is 0 Å². The van der Waals surface area contributed by atoms with Gasteiger partial charge in [0.25, 0.3) is 5.91 Å². The van der Waals surface area contributed by atoms with E-state index in [-0.39, 0.29) is 11.1 Å². The highest BCUT2D eigenvalue weighted by Gasteiger charge is 2.36. The molecule has 1 aromatic rings. The first kappa shape index (κ1) is 13.7. The Morgan fingerprint density at radius 3 is 2.32 bits per heavy atom. The van der Waals surface area contributed by atoms with Crippen molar-refractivity contribution >= 4 is 11.6 Å². The highest BCUT2D eigenvalue weighted by molar-refractivity contribution is 5.95. The van der Waals surface area contributed by atoms with Crippen molar-refractivity contribution in [2.75, 3.05) is 5.43 Å². The first-order chi connectivity index (χ1) is 9.01. The van der Waals surface area contributed by atoms with E-state index in [0.29, 0.717) is 0 Å². The highest BCUT2D eigenvalue weighted by atomic mass is 19.1. The third-order valence-electron chi connectivity index (χ3n) is 3.81. The summed E-state index contributed by atoms with van der Waals surface area (Å²) in [5.41, 5.74) is 1.24. The van der Waals surface area contributed by atoms with Gasteiger partial charge in [-0.2, -0.15) is 0 Å². The molecule has 0 atom stereocenters. The number of hydrogen-bond acceptors (Lipinski definition) is 3. The zero-order valence-electron chi connectivity index (χ0n) is 10.7. The maximum Gasteiger partial charge on any atom is 0.251 e. The van der Waals surface area contributed by atoms with E-state index in [2.05, 4.69) is 5.32 Å². The average molecular weight is 269 g/mol. The Balaban J connectivity index is 2.20. The van der Waals surface area contributed by atoms with Gasteiger partial charge in [0.2, 0.25) is 0 Å². The van der Waals surface area contributed by atoms with Crippen LogP contribution in [0.15, 0.2) is 12.1 Å². The van der Waals surface area contributed by atoms with E-state index < -0.39 is 23.2 Å². The highest BCUT2D eigenvalue weighted by Crippen LogP contribution is 2.35. The summed E-state index contributed by atoms with van der Waals surface area (Å²) in [6.07, 6.45) is 3.68. The Kier molecular flexibility index (Phi) is 3.71. The lowest BCUT2D eigenvalue weighted by atomic mass is 9.74. The van der Waals surface area contributed by atoms with Gasteiger partial charge in [0.15, 0.2) is 11.6 Å². The van der Waals surface area contributed by atoms with Crippen molar-refractivity contribution in [2.45, 2.75) is 38.1 Å². The number of carbonyl (C=O) groups excluding carboxylic acids is 1. The minimum absolute atomic E-state index is 0.0336. The summed E-state index contributed by atoms with van der Waals surface area (Å²) in [5, 5.41) is 2.86. The normalized spacial score (nSPS) is 16.6. The van der Waals surface area contributed by atoms with Crippen LogP contribution < -0.4 is 16.6 Å². The van der Waals surface area contributed by atoms with Gasteiger partial charge in [0.1, 0.15) is 5.69 Å². The molecule has 1 aliphatic carbocycles. The van der Waals surface area contributed by atoms with Crippen LogP contribution in [-0.2, 0) is 0 Å². The van der Waals surface area contributed by atoms with Gasteiger partial charge >= 0.3 is 0 Å². The molecule has 4 N–H and O–H groups in total. The summed E-state index contributed by atoms with van der Waals surface area (Å²) in [4.78, 5) is 12.0. The summed E-state index contributed by atoms with van der Waals surface area (Å²) >= 11 is 0. The first-order valence-corrected chi connectivity index (χ1v) is 6.29. The molecule has 0 aromatic heterocycles. The van der Waals surface area contributed by atoms with Crippen LogP contribution in [0, 0.1) is 11.6 Å². The number of nitrogens with two attached hydrogens (primary N) is 1. The van der Waals surface area contributed by atoms with Gasteiger partial charge in [0, 0.05) is 11.1 Å². The number of hydrogen-bond donors (Lipinski definition) is 3. The molecule has 104 valence electrons. The van der Waals surface area contributed by atoms with Gasteiger partial charge in [-0.3, -0.25) is 10.6 Å². The summed E-state index contributed by atoms with van der Waals surface area (Å²) in [6.45, 7) is 1.99. The maximum absolute atomic E-state index is 13.5. The number of carbonyl (C=O) groups is 1. The third kappa shape index (κ3) is 2.53. The van der Waals surface area contributed by atoms with E-state index in [1.807, 2.05) is 12.3 Å². The van der Waals surface area contributed by atoms with E-state index >= 15 is 0 Å². The van der Waals surface area contributed by atoms with E-state index in [9.17, 15) is 13.6 Å². The second kappa shape index (κ2) is 5.13. The molecule has 6 heteroatoms. The summed E-state index contributed by atoms with van der Waals surface area (Å²) in [5.74, 6) is 2.78. The van der Waals surface area contributed by atoms with Crippen molar-refractivity contribution in [2.24, 2.45) is 5.84 Å². The van der Waals surface area contributed by atoms with Crippen molar-refractivity contribution in [3.8, 4) is 0 Å². The smallest absolute Gasteiger partial charge is 0.251 e. The predicted octanol–water partition coefficient (Wildman–Crippen LogP) is 2.31. The van der Waals surface area contributed by atoms with Crippen molar-refractivity contribution in [3.63, 3.8) is 0 Å². The molecule has 0 aliphatic heterocycles. The molecule has 4 nitrogen and oxygen atoms in total. The molecule has 0 radical (unpaired) electrons. The minimum atomic E-state index is -0.883. The number of halogens is 2. The van der Waals surface area contributed by atoms with Crippen LogP contribution in [0.1, 0.15) is 43.0 Å². The molecule has 2 rings (SSSR count). The minimum Gasteiger partial charge on any atom is -0.347 e. The maximum atomic E-state index is 13.5. The molecule has 0 saturated heterocycles. The number of nitrogens with one attached hydrogen (secondary N) is 2. The van der Waals surface area contributed by atoms with Crippen LogP contribution in [0.2, 0.25) is 0 Å². The SMILES string of the molecule is CCC1(NC(=O)c2cc(F)c(NN)c(F)c2)CCC1. The van der Waals surface area contributed by atoms with E-state index in [0.717, 1.165) is 37.8 Å². The van der Waals surface area contributed by atoms with Gasteiger partial charge < -0.3 is 10.7 Å². The number of nitrogen functional groups attached to an aromatic ring is 1. The van der Waals surface area contributed by atoms with Crippen molar-refractivity contribution in [1.82, 2.24) is 5.32 Å². The topological polar surface area (TPSA) is 67.2 Å². The molecule has 1 amide bonds. The fraction of sp³-hybridized carbons (Fsp3) is 0.462. The van der Waals surface area contributed by atoms with Crippen molar-refractivity contribution in [3.05, 3.63) is 29.3 Å². The zero-order valence-corrected chi connectivity index (χ0v) is 10.7. The molecule has 0 bridgehead atoms. The largest absolute Gasteiger partial charge is 0.347 e. The van der Waals surface area contributed by atoms with Crippen LogP contribution in [0.4, 0.5) is 14.5 Å². The lowest BCUT2D eigenvalue weighted by molar-refractivity contribution is 0.0819. The van der Waals surface area contributed by atoms with Crippen molar-refractivity contribution in [1.29, 1.82) is 0 Å². The average Bonchev–Trinajstić information content (AvgIpc) is 2.33. The van der Waals surface area contributed by atoms with Crippen LogP contribution in [-0.4, -0.2) is 11.4 Å². The second-order valence-corrected chi connectivity index (χ2v) is 4.90. The molecule has 19 heavy (non-hydrogen) atoms. The molecular weight excluding hydrogens is 252 g/mol. The zero-order chi connectivity index (χ0) is 14.0. The van der Waals surface area contributed by atoms with Gasteiger partial charge in [-0.05, 0) is 37.8 Å². The molecule has 1 fully saturated rings. The fourth-order valence-corrected chi connectivity index (χ4v) is 2.33. The van der Waals surface area contributed by atoms with Crippen LogP contribution >= 0.6 is 0 Å². The number of hydrazine groups is 1. The molecule has 1 aromatic carbocycles. The Morgan fingerprint density at radius 1 is 1.37 bits per heavy atom. The number of benzene rings is 1. The number of amides is 1. The Morgan fingerprint density at radius 2 is 1.95 bits per heavy atom. The van der Waals surface area contributed by atoms with E-state index in [1.54, 1.807) is 0 Å². The molecule has 0 spiro atoms. The fourth-order valence-electron chi connectivity index (χ4n) is 2.33. The lowest BCUT2D eigenvalue weighted by Gasteiger charge is -2.42. The van der Waals surface area contributed by atoms with Gasteiger partial charge in [-0.15, -0.1) is 0 Å². The Hall–Kier alpha value is -1.69. The van der Waals surface area contributed by atoms with Gasteiger partial charge in [0.05, 0.1) is 0 Å². The molecule has 0 unspecified atom stereocenters. The molecular formula is C13H17F2N3O. The molecule has 0 heterocycles. The second-order valence-electron chi connectivity index (χ2n) is 4.90. The summed E-state index contributed by atoms with van der Waals surface area (Å²) in [6, 6.07) is 1.96. The quantitative estimate of drug-likeness (QED) is 0.580. The number of anilines is 1. The summed E-state index contributed by atoms with van der Waals surface area (Å²) in [7, 11) is 0.